The monoisotopic (exact) mass is 200 g/mol. The summed E-state index contributed by atoms with van der Waals surface area (Å²) in [6, 6.07) is 6.59. The highest BCUT2D eigenvalue weighted by Gasteiger charge is 2.11. The molecule has 2 nitrogen and oxygen atoms in total. The van der Waals surface area contributed by atoms with E-state index in [2.05, 4.69) is 48.9 Å². The zero-order valence-corrected chi connectivity index (χ0v) is 9.41. The topological polar surface area (TPSA) is 28.7 Å². The fourth-order valence-electron chi connectivity index (χ4n) is 1.98. The quantitative estimate of drug-likeness (QED) is 0.792. The van der Waals surface area contributed by atoms with Gasteiger partial charge in [-0.1, -0.05) is 30.7 Å². The summed E-state index contributed by atoms with van der Waals surface area (Å²) in [5.41, 5.74) is 5.19. The Bertz CT molecular complexity index is 444. The highest BCUT2D eigenvalue weighted by Crippen LogP contribution is 2.25. The van der Waals surface area contributed by atoms with Crippen LogP contribution < -0.4 is 0 Å². The summed E-state index contributed by atoms with van der Waals surface area (Å²) in [5.74, 6) is 0.382. The maximum Gasteiger partial charge on any atom is 0.0921 e. The largest absolute Gasteiger partial charge is 0.348 e. The number of H-pyrrole nitrogens is 1. The molecule has 0 radical (unpaired) electrons. The second-order valence-electron chi connectivity index (χ2n) is 4.09. The first-order valence-electron chi connectivity index (χ1n) is 5.24. The van der Waals surface area contributed by atoms with Crippen molar-refractivity contribution in [2.75, 3.05) is 0 Å². The number of rotatable bonds is 2. The minimum Gasteiger partial charge on any atom is -0.348 e. The number of aromatic nitrogens is 2. The molecule has 0 aliphatic rings. The fourth-order valence-corrected chi connectivity index (χ4v) is 1.98. The first-order chi connectivity index (χ1) is 7.18. The van der Waals surface area contributed by atoms with Crippen LogP contribution in [0.5, 0.6) is 0 Å². The van der Waals surface area contributed by atoms with Crippen LogP contribution in [-0.4, -0.2) is 9.97 Å². The highest BCUT2D eigenvalue weighted by atomic mass is 14.9. The number of nitrogens with one attached hydrogen (secondary N) is 1. The molecule has 2 aromatic rings. The van der Waals surface area contributed by atoms with Gasteiger partial charge >= 0.3 is 0 Å². The average Bonchev–Trinajstić information content (AvgIpc) is 2.69. The number of imidazole rings is 1. The normalized spacial score (nSPS) is 12.7. The summed E-state index contributed by atoms with van der Waals surface area (Å²) in [6.45, 7) is 6.48. The molecule has 1 aromatic carbocycles. The number of hydrogen-bond acceptors (Lipinski definition) is 1. The van der Waals surface area contributed by atoms with Crippen molar-refractivity contribution in [1.29, 1.82) is 0 Å². The fraction of sp³-hybridized carbons (Fsp3) is 0.308. The lowest BCUT2D eigenvalue weighted by Crippen LogP contribution is -1.99. The molecule has 0 saturated carbocycles. The van der Waals surface area contributed by atoms with Crippen LogP contribution in [0.3, 0.4) is 0 Å². The van der Waals surface area contributed by atoms with E-state index in [1.807, 2.05) is 6.20 Å². The zero-order chi connectivity index (χ0) is 10.8. The van der Waals surface area contributed by atoms with Crippen LogP contribution in [0.1, 0.15) is 35.2 Å². The van der Waals surface area contributed by atoms with Crippen molar-refractivity contribution in [2.24, 2.45) is 0 Å². The van der Waals surface area contributed by atoms with Crippen LogP contribution in [0.4, 0.5) is 0 Å². The SMILES string of the molecule is Cc1ccc(C(C)c2cnc[nH]2)c(C)c1. The van der Waals surface area contributed by atoms with Gasteiger partial charge in [0.05, 0.1) is 6.33 Å². The van der Waals surface area contributed by atoms with Gasteiger partial charge in [-0.25, -0.2) is 4.98 Å². The van der Waals surface area contributed by atoms with Crippen LogP contribution in [0, 0.1) is 13.8 Å². The highest BCUT2D eigenvalue weighted by molar-refractivity contribution is 5.36. The molecular weight excluding hydrogens is 184 g/mol. The second-order valence-corrected chi connectivity index (χ2v) is 4.09. The molecule has 0 fully saturated rings. The minimum absolute atomic E-state index is 0.382. The van der Waals surface area contributed by atoms with Gasteiger partial charge in [0.15, 0.2) is 0 Å². The van der Waals surface area contributed by atoms with E-state index in [1.54, 1.807) is 6.33 Å². The van der Waals surface area contributed by atoms with Gasteiger partial charge in [-0.3, -0.25) is 0 Å². The lowest BCUT2D eigenvalue weighted by molar-refractivity contribution is 0.872. The van der Waals surface area contributed by atoms with Crippen molar-refractivity contribution < 1.29 is 0 Å². The molecule has 0 spiro atoms. The summed E-state index contributed by atoms with van der Waals surface area (Å²) in [6.07, 6.45) is 3.62. The Morgan fingerprint density at radius 3 is 2.67 bits per heavy atom. The number of aromatic amines is 1. The molecule has 1 heterocycles. The molecule has 0 bridgehead atoms. The summed E-state index contributed by atoms with van der Waals surface area (Å²) < 4.78 is 0. The molecule has 2 rings (SSSR count). The Morgan fingerprint density at radius 1 is 1.27 bits per heavy atom. The Kier molecular flexibility index (Phi) is 2.58. The van der Waals surface area contributed by atoms with Gasteiger partial charge in [0.25, 0.3) is 0 Å². The van der Waals surface area contributed by atoms with Gasteiger partial charge < -0.3 is 4.98 Å². The third-order valence-electron chi connectivity index (χ3n) is 2.88. The maximum atomic E-state index is 4.06. The molecule has 1 aromatic heterocycles. The lowest BCUT2D eigenvalue weighted by Gasteiger charge is -2.13. The number of hydrogen-bond donors (Lipinski definition) is 1. The number of benzene rings is 1. The molecule has 1 unspecified atom stereocenters. The predicted octanol–water partition coefficient (Wildman–Crippen LogP) is 3.18. The van der Waals surface area contributed by atoms with Gasteiger partial charge in [-0.2, -0.15) is 0 Å². The second kappa shape index (κ2) is 3.89. The van der Waals surface area contributed by atoms with E-state index in [0.717, 1.165) is 0 Å². The standard InChI is InChI=1S/C13H16N2/c1-9-4-5-12(10(2)6-9)11(3)13-7-14-8-15-13/h4-8,11H,1-3H3,(H,14,15). The Balaban J connectivity index is 2.38. The van der Waals surface area contributed by atoms with Gasteiger partial charge in [-0.05, 0) is 25.0 Å². The minimum atomic E-state index is 0.382. The van der Waals surface area contributed by atoms with Crippen molar-refractivity contribution in [3.63, 3.8) is 0 Å². The van der Waals surface area contributed by atoms with Crippen molar-refractivity contribution in [3.8, 4) is 0 Å². The molecule has 1 N–H and O–H groups in total. The van der Waals surface area contributed by atoms with Gasteiger partial charge in [0.1, 0.15) is 0 Å². The Hall–Kier alpha value is -1.57. The molecule has 0 saturated heterocycles. The van der Waals surface area contributed by atoms with Crippen molar-refractivity contribution >= 4 is 0 Å². The lowest BCUT2D eigenvalue weighted by atomic mass is 9.93. The summed E-state index contributed by atoms with van der Waals surface area (Å²) in [5, 5.41) is 0. The van der Waals surface area contributed by atoms with Crippen LogP contribution in [0.2, 0.25) is 0 Å². The van der Waals surface area contributed by atoms with E-state index in [9.17, 15) is 0 Å². The molecule has 78 valence electrons. The number of aryl methyl sites for hydroxylation is 2. The van der Waals surface area contributed by atoms with E-state index in [1.165, 1.54) is 22.4 Å². The molecule has 0 aliphatic heterocycles. The summed E-state index contributed by atoms with van der Waals surface area (Å²) >= 11 is 0. The van der Waals surface area contributed by atoms with Gasteiger partial charge in [-0.15, -0.1) is 0 Å². The molecule has 1 atom stereocenters. The Morgan fingerprint density at radius 2 is 2.07 bits per heavy atom. The van der Waals surface area contributed by atoms with Crippen molar-refractivity contribution in [1.82, 2.24) is 9.97 Å². The predicted molar refractivity (Wildman–Crippen MR) is 62.0 cm³/mol. The number of nitrogens with zero attached hydrogens (tertiary/aromatic N) is 1. The Labute approximate surface area is 90.4 Å². The molecular formula is C13H16N2. The maximum absolute atomic E-state index is 4.06. The van der Waals surface area contributed by atoms with E-state index >= 15 is 0 Å². The molecule has 15 heavy (non-hydrogen) atoms. The van der Waals surface area contributed by atoms with E-state index in [4.69, 9.17) is 0 Å². The smallest absolute Gasteiger partial charge is 0.0921 e. The van der Waals surface area contributed by atoms with Crippen LogP contribution >= 0.6 is 0 Å². The first-order valence-corrected chi connectivity index (χ1v) is 5.24. The molecule has 2 heteroatoms. The molecule has 0 amide bonds. The van der Waals surface area contributed by atoms with Crippen LogP contribution in [0.15, 0.2) is 30.7 Å². The molecule has 0 aliphatic carbocycles. The van der Waals surface area contributed by atoms with Crippen LogP contribution in [-0.2, 0) is 0 Å². The van der Waals surface area contributed by atoms with E-state index in [0.29, 0.717) is 5.92 Å². The van der Waals surface area contributed by atoms with Crippen molar-refractivity contribution in [3.05, 3.63) is 53.1 Å². The van der Waals surface area contributed by atoms with E-state index < -0.39 is 0 Å². The average molecular weight is 200 g/mol. The zero-order valence-electron chi connectivity index (χ0n) is 9.41. The van der Waals surface area contributed by atoms with Crippen LogP contribution in [0.25, 0.3) is 0 Å². The third-order valence-corrected chi connectivity index (χ3v) is 2.88. The van der Waals surface area contributed by atoms with Crippen molar-refractivity contribution in [2.45, 2.75) is 26.7 Å². The first kappa shape index (κ1) is 9.97. The van der Waals surface area contributed by atoms with Gasteiger partial charge in [0, 0.05) is 17.8 Å². The van der Waals surface area contributed by atoms with Gasteiger partial charge in [0.2, 0.25) is 0 Å². The summed E-state index contributed by atoms with van der Waals surface area (Å²) in [4.78, 5) is 7.23. The van der Waals surface area contributed by atoms with E-state index in [-0.39, 0.29) is 0 Å². The third kappa shape index (κ3) is 1.94. The summed E-state index contributed by atoms with van der Waals surface area (Å²) in [7, 11) is 0.